The molecule has 0 bridgehead atoms. The molecule has 2 aliphatic heterocycles. The van der Waals surface area contributed by atoms with E-state index in [2.05, 4.69) is 17.4 Å². The summed E-state index contributed by atoms with van der Waals surface area (Å²) in [6, 6.07) is -0.160. The number of urea groups is 1. The number of nitrogens with zero attached hydrogens (tertiary/aromatic N) is 2. The summed E-state index contributed by atoms with van der Waals surface area (Å²) >= 11 is 0. The lowest BCUT2D eigenvalue weighted by Gasteiger charge is -2.38. The van der Waals surface area contributed by atoms with Gasteiger partial charge in [-0.15, -0.1) is 0 Å². The maximum absolute atomic E-state index is 11.8. The topological polar surface area (TPSA) is 53.9 Å². The fraction of sp³-hybridized carbons (Fsp3) is 0.636. The van der Waals surface area contributed by atoms with Crippen LogP contribution >= 0.6 is 0 Å². The molecule has 2 rings (SSSR count). The molecule has 0 spiro atoms. The normalized spacial score (nSPS) is 25.1. The number of rotatable bonds is 0. The minimum absolute atomic E-state index is 0.160. The van der Waals surface area contributed by atoms with Crippen molar-refractivity contribution < 1.29 is 9.63 Å². The van der Waals surface area contributed by atoms with E-state index in [0.29, 0.717) is 12.4 Å². The Morgan fingerprint density at radius 3 is 2.88 bits per heavy atom. The van der Waals surface area contributed by atoms with Gasteiger partial charge in [0.1, 0.15) is 6.61 Å². The molecule has 1 unspecified atom stereocenters. The van der Waals surface area contributed by atoms with Gasteiger partial charge in [0, 0.05) is 23.2 Å². The van der Waals surface area contributed by atoms with Crippen LogP contribution in [0.25, 0.3) is 0 Å². The predicted molar refractivity (Wildman–Crippen MR) is 60.8 cm³/mol. The number of carbonyl (C=O) groups excluding carboxylic acids is 1. The van der Waals surface area contributed by atoms with Crippen LogP contribution in [0.4, 0.5) is 4.79 Å². The van der Waals surface area contributed by atoms with Gasteiger partial charge in [0.05, 0.1) is 0 Å². The average Bonchev–Trinajstić information content (AvgIpc) is 2.15. The molecule has 0 saturated carbocycles. The first-order valence-electron chi connectivity index (χ1n) is 5.42. The molecule has 1 N–H and O–H groups in total. The van der Waals surface area contributed by atoms with Crippen molar-refractivity contribution >= 4 is 11.9 Å². The van der Waals surface area contributed by atoms with Gasteiger partial charge in [0.25, 0.3) is 0 Å². The second kappa shape index (κ2) is 3.50. The zero-order chi connectivity index (χ0) is 11.9. The average molecular weight is 223 g/mol. The van der Waals surface area contributed by atoms with Crippen LogP contribution < -0.4 is 5.32 Å². The van der Waals surface area contributed by atoms with E-state index in [9.17, 15) is 4.79 Å². The highest BCUT2D eigenvalue weighted by Gasteiger charge is 2.34. The summed E-state index contributed by atoms with van der Waals surface area (Å²) in [5.74, 6) is 0.794. The Balaban J connectivity index is 2.39. The van der Waals surface area contributed by atoms with Crippen LogP contribution in [0, 0.1) is 5.92 Å². The summed E-state index contributed by atoms with van der Waals surface area (Å²) in [5, 5.41) is 6.61. The first-order valence-corrected chi connectivity index (χ1v) is 5.42. The van der Waals surface area contributed by atoms with Gasteiger partial charge in [-0.3, -0.25) is 10.2 Å². The SMILES string of the molecule is CC1CON=C2NC(=O)N(C(C)(C)C)C=C21. The van der Waals surface area contributed by atoms with E-state index in [1.54, 1.807) is 4.90 Å². The van der Waals surface area contributed by atoms with E-state index < -0.39 is 0 Å². The minimum Gasteiger partial charge on any atom is -0.393 e. The Morgan fingerprint density at radius 1 is 1.56 bits per heavy atom. The molecule has 0 aliphatic carbocycles. The van der Waals surface area contributed by atoms with Crippen molar-refractivity contribution in [2.45, 2.75) is 33.2 Å². The fourth-order valence-corrected chi connectivity index (χ4v) is 1.73. The maximum atomic E-state index is 11.8. The van der Waals surface area contributed by atoms with E-state index in [1.807, 2.05) is 27.0 Å². The van der Waals surface area contributed by atoms with Crippen molar-refractivity contribution in [2.24, 2.45) is 11.1 Å². The zero-order valence-electron chi connectivity index (χ0n) is 10.1. The van der Waals surface area contributed by atoms with Gasteiger partial charge in [0.2, 0.25) is 0 Å². The number of carbonyl (C=O) groups is 1. The molecule has 2 amide bonds. The van der Waals surface area contributed by atoms with Crippen LogP contribution in [0.2, 0.25) is 0 Å². The second-order valence-corrected chi connectivity index (χ2v) is 5.19. The summed E-state index contributed by atoms with van der Waals surface area (Å²) in [4.78, 5) is 18.6. The predicted octanol–water partition coefficient (Wildman–Crippen LogP) is 1.67. The summed E-state index contributed by atoms with van der Waals surface area (Å²) < 4.78 is 0. The Kier molecular flexibility index (Phi) is 2.40. The van der Waals surface area contributed by atoms with Crippen molar-refractivity contribution in [3.05, 3.63) is 11.8 Å². The summed E-state index contributed by atoms with van der Waals surface area (Å²) in [6.45, 7) is 8.60. The Bertz CT molecular complexity index is 379. The molecule has 2 aliphatic rings. The molecular formula is C11H17N3O2. The van der Waals surface area contributed by atoms with Crippen molar-refractivity contribution in [3.63, 3.8) is 0 Å². The zero-order valence-corrected chi connectivity index (χ0v) is 10.1. The summed E-state index contributed by atoms with van der Waals surface area (Å²) in [5.41, 5.74) is 0.793. The highest BCUT2D eigenvalue weighted by Crippen LogP contribution is 2.25. The van der Waals surface area contributed by atoms with Crippen molar-refractivity contribution in [3.8, 4) is 0 Å². The van der Waals surface area contributed by atoms with Gasteiger partial charge >= 0.3 is 6.03 Å². The Morgan fingerprint density at radius 2 is 2.25 bits per heavy atom. The van der Waals surface area contributed by atoms with Gasteiger partial charge in [-0.05, 0) is 20.8 Å². The monoisotopic (exact) mass is 223 g/mol. The molecule has 2 heterocycles. The van der Waals surface area contributed by atoms with Gasteiger partial charge in [0.15, 0.2) is 5.84 Å². The molecule has 16 heavy (non-hydrogen) atoms. The third kappa shape index (κ3) is 1.77. The van der Waals surface area contributed by atoms with Crippen LogP contribution in [0.3, 0.4) is 0 Å². The number of nitrogens with one attached hydrogen (secondary N) is 1. The molecule has 5 heteroatoms. The molecular weight excluding hydrogens is 206 g/mol. The number of amides is 2. The highest BCUT2D eigenvalue weighted by atomic mass is 16.6. The lowest BCUT2D eigenvalue weighted by Crippen LogP contribution is -2.54. The van der Waals surface area contributed by atoms with Crippen molar-refractivity contribution in [1.82, 2.24) is 10.2 Å². The molecule has 5 nitrogen and oxygen atoms in total. The standard InChI is InChI=1S/C11H17N3O2/c1-7-6-16-13-9-8(7)5-14(10(15)12-9)11(2,3)4/h5,7H,6H2,1-4H3,(H,12,13,15). The van der Waals surface area contributed by atoms with Gasteiger partial charge in [-0.25, -0.2) is 4.79 Å². The smallest absolute Gasteiger partial charge is 0.327 e. The highest BCUT2D eigenvalue weighted by molar-refractivity contribution is 6.10. The molecule has 0 saturated heterocycles. The van der Waals surface area contributed by atoms with Crippen molar-refractivity contribution in [2.75, 3.05) is 6.61 Å². The van der Waals surface area contributed by atoms with Gasteiger partial charge in [-0.2, -0.15) is 0 Å². The summed E-state index contributed by atoms with van der Waals surface area (Å²) in [6.07, 6.45) is 1.88. The van der Waals surface area contributed by atoms with Gasteiger partial charge < -0.3 is 4.84 Å². The molecule has 0 aromatic carbocycles. The number of oxime groups is 1. The fourth-order valence-electron chi connectivity index (χ4n) is 1.73. The summed E-state index contributed by atoms with van der Waals surface area (Å²) in [7, 11) is 0. The second-order valence-electron chi connectivity index (χ2n) is 5.19. The Hall–Kier alpha value is -1.52. The first-order chi connectivity index (χ1) is 7.39. The third-order valence-corrected chi connectivity index (χ3v) is 2.72. The van der Waals surface area contributed by atoms with E-state index in [0.717, 1.165) is 5.57 Å². The molecule has 88 valence electrons. The quantitative estimate of drug-likeness (QED) is 0.679. The number of fused-ring (bicyclic) bond motifs is 1. The van der Waals surface area contributed by atoms with E-state index >= 15 is 0 Å². The molecule has 0 aromatic rings. The Labute approximate surface area is 95.1 Å². The van der Waals surface area contributed by atoms with Gasteiger partial charge in [-0.1, -0.05) is 12.1 Å². The first kappa shape index (κ1) is 11.0. The van der Waals surface area contributed by atoms with E-state index in [-0.39, 0.29) is 17.5 Å². The largest absolute Gasteiger partial charge is 0.393 e. The van der Waals surface area contributed by atoms with Crippen LogP contribution in [0.1, 0.15) is 27.7 Å². The minimum atomic E-state index is -0.235. The molecule has 1 atom stereocenters. The van der Waals surface area contributed by atoms with Crippen LogP contribution in [0.5, 0.6) is 0 Å². The third-order valence-electron chi connectivity index (χ3n) is 2.72. The molecule has 0 aromatic heterocycles. The maximum Gasteiger partial charge on any atom is 0.327 e. The van der Waals surface area contributed by atoms with Crippen LogP contribution in [-0.4, -0.2) is 28.9 Å². The number of hydrogen-bond acceptors (Lipinski definition) is 3. The number of amidine groups is 1. The van der Waals surface area contributed by atoms with E-state index in [1.165, 1.54) is 0 Å². The molecule has 0 radical (unpaired) electrons. The van der Waals surface area contributed by atoms with Crippen LogP contribution in [-0.2, 0) is 4.84 Å². The van der Waals surface area contributed by atoms with Crippen LogP contribution in [0.15, 0.2) is 16.9 Å². The number of hydrogen-bond donors (Lipinski definition) is 1. The lowest BCUT2D eigenvalue weighted by molar-refractivity contribution is 0.109. The van der Waals surface area contributed by atoms with E-state index in [4.69, 9.17) is 4.84 Å². The van der Waals surface area contributed by atoms with Crippen molar-refractivity contribution in [1.29, 1.82) is 0 Å². The molecule has 0 fully saturated rings. The lowest BCUT2D eigenvalue weighted by atomic mass is 9.98.